The third-order valence-electron chi connectivity index (χ3n) is 17.3. The topological polar surface area (TPSA) is 6.48 Å². The molecule has 14 aromatic carbocycles. The van der Waals surface area contributed by atoms with Crippen LogP contribution >= 0.6 is 0 Å². The summed E-state index contributed by atoms with van der Waals surface area (Å²) in [6.45, 7) is 17.2. The molecule has 0 aliphatic rings. The molecule has 0 bridgehead atoms. The third-order valence-corrected chi connectivity index (χ3v) is 17.3. The first-order valence-electron chi connectivity index (χ1n) is 31.3. The quantitative estimate of drug-likeness (QED) is 0.0746. The van der Waals surface area contributed by atoms with Crippen LogP contribution < -0.4 is 9.80 Å². The van der Waals surface area contributed by atoms with Gasteiger partial charge < -0.3 is 9.80 Å². The monoisotopic (exact) mass is 1150 g/mol. The normalized spacial score (nSPS) is 11.4. The van der Waals surface area contributed by atoms with Crippen molar-refractivity contribution >= 4 is 83.7 Å². The van der Waals surface area contributed by atoms with Gasteiger partial charge in [0.05, 0.1) is 0 Å². The molecule has 0 N–H and O–H groups in total. The van der Waals surface area contributed by atoms with Gasteiger partial charge in [0, 0.05) is 34.1 Å². The zero-order valence-electron chi connectivity index (χ0n) is 51.5. The van der Waals surface area contributed by atoms with Crippen molar-refractivity contribution in [1.82, 2.24) is 0 Å². The van der Waals surface area contributed by atoms with Crippen LogP contribution in [0.25, 0.3) is 122 Å². The van der Waals surface area contributed by atoms with Crippen molar-refractivity contribution in [3.05, 3.63) is 345 Å². The zero-order valence-corrected chi connectivity index (χ0v) is 51.5. The fourth-order valence-electron chi connectivity index (χ4n) is 13.3. The van der Waals surface area contributed by atoms with E-state index in [-0.39, 0.29) is 0 Å². The molecule has 0 radical (unpaired) electrons. The Morgan fingerprint density at radius 2 is 0.578 bits per heavy atom. The zero-order chi connectivity index (χ0) is 61.5. The molecule has 0 unspecified atom stereocenters. The van der Waals surface area contributed by atoms with E-state index < -0.39 is 0 Å². The Bertz CT molecular complexity index is 4900. The van der Waals surface area contributed by atoms with Crippen molar-refractivity contribution in [2.24, 2.45) is 0 Å². The number of nitrogens with zero attached hydrogens (tertiary/aromatic N) is 2. The maximum absolute atomic E-state index is 4.54. The number of hydrogen-bond donors (Lipinski definition) is 0. The summed E-state index contributed by atoms with van der Waals surface area (Å²) in [5, 5.41) is 9.49. The predicted molar refractivity (Wildman–Crippen MR) is 392 cm³/mol. The number of hydrogen-bond acceptors (Lipinski definition) is 2. The molecule has 0 heterocycles. The number of para-hydroxylation sites is 1. The lowest BCUT2D eigenvalue weighted by molar-refractivity contribution is 1.20. The molecule has 0 saturated carbocycles. The maximum Gasteiger partial charge on any atom is 0.0462 e. The van der Waals surface area contributed by atoms with Crippen LogP contribution in [-0.2, 0) is 0 Å². The average molecular weight is 1160 g/mol. The van der Waals surface area contributed by atoms with Crippen molar-refractivity contribution in [2.45, 2.75) is 27.7 Å². The summed E-state index contributed by atoms with van der Waals surface area (Å²) in [6, 6.07) is 108. The lowest BCUT2D eigenvalue weighted by Crippen LogP contribution is -2.15. The van der Waals surface area contributed by atoms with E-state index in [1.165, 1.54) is 71.3 Å². The highest BCUT2D eigenvalue weighted by Crippen LogP contribution is 2.50. The molecule has 0 amide bonds. The van der Waals surface area contributed by atoms with Gasteiger partial charge in [-0.3, -0.25) is 0 Å². The summed E-state index contributed by atoms with van der Waals surface area (Å²) < 4.78 is 0. The Kier molecular flexibility index (Phi) is 16.6. The van der Waals surface area contributed by atoms with Gasteiger partial charge >= 0.3 is 0 Å². The molecule has 0 fully saturated rings. The first-order chi connectivity index (χ1) is 44.5. The Balaban J connectivity index is 0.00000368. The first kappa shape index (κ1) is 57.7. The SMILES string of the molecule is C=Cc1c(C=C)c(-c2ccc(-c3c4ccccc4c(-c4ccc(N(c5ccccc5)c5ccc(-c6ccccc6)cc5)cc4)c4ccccc34)c3ccccc23)c2ccccc2c1-c1ccc(N(C(/C=C\C)=C/C)c2ccc(-c3ccccc3)cc2)cc1.CC. The molecule has 90 heavy (non-hydrogen) atoms. The van der Waals surface area contributed by atoms with Crippen LogP contribution in [0, 0.1) is 0 Å². The Morgan fingerprint density at radius 3 is 0.989 bits per heavy atom. The largest absolute Gasteiger partial charge is 0.311 e. The minimum absolute atomic E-state index is 1.05. The number of anilines is 5. The fraction of sp³-hybridized carbons (Fsp3) is 0.0455. The molecule has 432 valence electrons. The van der Waals surface area contributed by atoms with Gasteiger partial charge in [0.15, 0.2) is 0 Å². The molecule has 14 aromatic rings. The summed E-state index contributed by atoms with van der Waals surface area (Å²) in [7, 11) is 0. The molecule has 0 aliphatic carbocycles. The van der Waals surface area contributed by atoms with Crippen molar-refractivity contribution in [3.63, 3.8) is 0 Å². The summed E-state index contributed by atoms with van der Waals surface area (Å²) in [6.07, 6.45) is 10.5. The van der Waals surface area contributed by atoms with Crippen molar-refractivity contribution in [2.75, 3.05) is 9.80 Å². The van der Waals surface area contributed by atoms with Gasteiger partial charge in [0.1, 0.15) is 0 Å². The lowest BCUT2D eigenvalue weighted by Gasteiger charge is -2.27. The van der Waals surface area contributed by atoms with Crippen molar-refractivity contribution in [3.8, 4) is 66.8 Å². The van der Waals surface area contributed by atoms with E-state index in [2.05, 4.69) is 352 Å². The van der Waals surface area contributed by atoms with Crippen LogP contribution in [0.4, 0.5) is 28.4 Å². The summed E-state index contributed by atoms with van der Waals surface area (Å²) in [5.74, 6) is 0. The van der Waals surface area contributed by atoms with Crippen LogP contribution in [0.1, 0.15) is 38.8 Å². The molecule has 0 spiro atoms. The van der Waals surface area contributed by atoms with E-state index in [1.807, 2.05) is 26.0 Å². The van der Waals surface area contributed by atoms with Gasteiger partial charge in [-0.2, -0.15) is 0 Å². The fourth-order valence-corrected chi connectivity index (χ4v) is 13.3. The maximum atomic E-state index is 4.54. The summed E-state index contributed by atoms with van der Waals surface area (Å²) >= 11 is 0. The van der Waals surface area contributed by atoms with Crippen LogP contribution in [0.2, 0.25) is 0 Å². The second-order valence-electron chi connectivity index (χ2n) is 22.2. The van der Waals surface area contributed by atoms with Crippen molar-refractivity contribution in [1.29, 1.82) is 0 Å². The average Bonchev–Trinajstić information content (AvgIpc) is 0.758. The molecular formula is C88H70N2. The minimum Gasteiger partial charge on any atom is -0.311 e. The standard InChI is InChI=1S/C86H64N2.C2H6/c1-5-26-65(6-2)87(67-49-41-61(42-50-67)59-27-12-9-13-28-59)68-53-45-63(46-54-68)83-71(7-3)72(8-4)85(78-38-23-20-35-75(78)83)81-57-58-82(74-34-19-18-33-73(74)81)86-79-39-24-21-36-76(79)84(77-37-22-25-40-80(77)86)64-47-55-70(56-48-64)88(66-31-16-11-17-32-66)69-51-43-62(44-52-69)60-29-14-10-15-30-60;1-2/h5-58H,3-4H2,1-2H3;1-2H3/b26-5-,65-6+;. The number of allylic oxidation sites excluding steroid dienone is 3. The van der Waals surface area contributed by atoms with Crippen LogP contribution in [-0.4, -0.2) is 0 Å². The van der Waals surface area contributed by atoms with E-state index >= 15 is 0 Å². The Labute approximate surface area is 530 Å². The molecule has 0 saturated heterocycles. The second kappa shape index (κ2) is 25.9. The Hall–Kier alpha value is -11.3. The van der Waals surface area contributed by atoms with E-state index in [4.69, 9.17) is 0 Å². The second-order valence-corrected chi connectivity index (χ2v) is 22.2. The predicted octanol–water partition coefficient (Wildman–Crippen LogP) is 25.7. The van der Waals surface area contributed by atoms with E-state index in [0.29, 0.717) is 0 Å². The highest BCUT2D eigenvalue weighted by molar-refractivity contribution is 6.25. The minimum atomic E-state index is 1.05. The lowest BCUT2D eigenvalue weighted by atomic mass is 9.80. The molecule has 2 nitrogen and oxygen atoms in total. The summed E-state index contributed by atoms with van der Waals surface area (Å²) in [5.41, 5.74) is 22.7. The highest BCUT2D eigenvalue weighted by Gasteiger charge is 2.24. The van der Waals surface area contributed by atoms with Gasteiger partial charge in [-0.1, -0.05) is 288 Å². The van der Waals surface area contributed by atoms with Crippen molar-refractivity contribution < 1.29 is 0 Å². The third kappa shape index (κ3) is 10.7. The van der Waals surface area contributed by atoms with Gasteiger partial charge in [-0.15, -0.1) is 0 Å². The van der Waals surface area contributed by atoms with Crippen LogP contribution in [0.5, 0.6) is 0 Å². The van der Waals surface area contributed by atoms with Gasteiger partial charge in [-0.25, -0.2) is 0 Å². The first-order valence-corrected chi connectivity index (χ1v) is 31.3. The number of benzene rings is 14. The summed E-state index contributed by atoms with van der Waals surface area (Å²) in [4.78, 5) is 4.66. The number of fused-ring (bicyclic) bond motifs is 4. The van der Waals surface area contributed by atoms with Gasteiger partial charge in [0.25, 0.3) is 0 Å². The highest BCUT2D eigenvalue weighted by atomic mass is 15.1. The van der Waals surface area contributed by atoms with E-state index in [1.54, 1.807) is 0 Å². The Morgan fingerprint density at radius 1 is 0.278 bits per heavy atom. The molecule has 0 atom stereocenters. The van der Waals surface area contributed by atoms with E-state index in [0.717, 1.165) is 83.9 Å². The number of rotatable bonds is 15. The van der Waals surface area contributed by atoms with Crippen LogP contribution in [0.3, 0.4) is 0 Å². The van der Waals surface area contributed by atoms with Gasteiger partial charge in [0.2, 0.25) is 0 Å². The molecule has 0 aliphatic heterocycles. The van der Waals surface area contributed by atoms with E-state index in [9.17, 15) is 0 Å². The molecule has 14 rings (SSSR count). The molecule has 2 heteroatoms. The van der Waals surface area contributed by atoms with Crippen LogP contribution in [0.15, 0.2) is 334 Å². The smallest absolute Gasteiger partial charge is 0.0462 e. The molecule has 0 aromatic heterocycles. The molecular weight excluding hydrogens is 1080 g/mol. The van der Waals surface area contributed by atoms with Gasteiger partial charge in [-0.05, 0) is 202 Å².